The lowest BCUT2D eigenvalue weighted by molar-refractivity contribution is 0.228. The van der Waals surface area contributed by atoms with E-state index in [9.17, 15) is 0 Å². The Bertz CT molecular complexity index is 420. The zero-order valence-corrected chi connectivity index (χ0v) is 11.8. The molecule has 106 valence electrons. The fourth-order valence-corrected chi connectivity index (χ4v) is 2.58. The molecule has 0 amide bonds. The zero-order chi connectivity index (χ0) is 13.7. The molecule has 1 aromatic carbocycles. The normalized spacial score (nSPS) is 15.1. The molecule has 0 fully saturated rings. The number of aliphatic hydroxyl groups excluding tert-OH is 1. The molecule has 1 aliphatic heterocycles. The Hall–Kier alpha value is -1.26. The van der Waals surface area contributed by atoms with Crippen LogP contribution >= 0.6 is 0 Å². The maximum Gasteiger partial charge on any atom is 0.161 e. The molecule has 1 aliphatic rings. The SMILES string of the molecule is COc1cc2c(cc1OC)CN(CCCCO)CC2. The minimum Gasteiger partial charge on any atom is -0.493 e. The number of benzene rings is 1. The number of methoxy groups -OCH3 is 2. The highest BCUT2D eigenvalue weighted by atomic mass is 16.5. The number of rotatable bonds is 6. The lowest BCUT2D eigenvalue weighted by Crippen LogP contribution is -2.31. The van der Waals surface area contributed by atoms with Crippen molar-refractivity contribution >= 4 is 0 Å². The molecule has 19 heavy (non-hydrogen) atoms. The first-order chi connectivity index (χ1) is 9.28. The number of fused-ring (bicyclic) bond motifs is 1. The fourth-order valence-electron chi connectivity index (χ4n) is 2.58. The van der Waals surface area contributed by atoms with Gasteiger partial charge in [0.15, 0.2) is 11.5 Å². The average molecular weight is 265 g/mol. The molecule has 0 radical (unpaired) electrons. The Morgan fingerprint density at radius 3 is 2.42 bits per heavy atom. The van der Waals surface area contributed by atoms with Gasteiger partial charge in [-0.3, -0.25) is 4.90 Å². The van der Waals surface area contributed by atoms with Gasteiger partial charge in [0.1, 0.15) is 0 Å². The maximum absolute atomic E-state index is 8.83. The highest BCUT2D eigenvalue weighted by molar-refractivity contribution is 5.48. The molecule has 4 heteroatoms. The Morgan fingerprint density at radius 1 is 1.11 bits per heavy atom. The van der Waals surface area contributed by atoms with Crippen LogP contribution in [0.15, 0.2) is 12.1 Å². The van der Waals surface area contributed by atoms with E-state index < -0.39 is 0 Å². The number of ether oxygens (including phenoxy) is 2. The largest absolute Gasteiger partial charge is 0.493 e. The van der Waals surface area contributed by atoms with Gasteiger partial charge in [-0.05, 0) is 49.1 Å². The van der Waals surface area contributed by atoms with Crippen molar-refractivity contribution in [2.24, 2.45) is 0 Å². The van der Waals surface area contributed by atoms with E-state index in [0.29, 0.717) is 0 Å². The van der Waals surface area contributed by atoms with Crippen LogP contribution in [0.1, 0.15) is 24.0 Å². The van der Waals surface area contributed by atoms with Crippen LogP contribution in [0.4, 0.5) is 0 Å². The summed E-state index contributed by atoms with van der Waals surface area (Å²) in [4.78, 5) is 2.43. The van der Waals surface area contributed by atoms with E-state index in [1.807, 2.05) is 0 Å². The van der Waals surface area contributed by atoms with E-state index in [4.69, 9.17) is 14.6 Å². The summed E-state index contributed by atoms with van der Waals surface area (Å²) in [5.41, 5.74) is 2.68. The summed E-state index contributed by atoms with van der Waals surface area (Å²) in [6.45, 7) is 3.37. The Balaban J connectivity index is 2.07. The molecule has 0 saturated carbocycles. The molecule has 1 heterocycles. The highest BCUT2D eigenvalue weighted by Crippen LogP contribution is 2.33. The van der Waals surface area contributed by atoms with Crippen LogP contribution < -0.4 is 9.47 Å². The predicted octanol–water partition coefficient (Wildman–Crippen LogP) is 1.83. The van der Waals surface area contributed by atoms with Crippen LogP contribution in [-0.2, 0) is 13.0 Å². The summed E-state index contributed by atoms with van der Waals surface area (Å²) in [6, 6.07) is 4.19. The maximum atomic E-state index is 8.83. The van der Waals surface area contributed by atoms with E-state index in [-0.39, 0.29) is 6.61 Å². The molecule has 2 rings (SSSR count). The third-order valence-corrected chi connectivity index (χ3v) is 3.68. The van der Waals surface area contributed by atoms with Crippen LogP contribution in [-0.4, -0.2) is 43.9 Å². The molecule has 0 aromatic heterocycles. The number of hydrogen-bond acceptors (Lipinski definition) is 4. The van der Waals surface area contributed by atoms with E-state index >= 15 is 0 Å². The van der Waals surface area contributed by atoms with Gasteiger partial charge in [0.05, 0.1) is 14.2 Å². The van der Waals surface area contributed by atoms with Crippen molar-refractivity contribution in [1.29, 1.82) is 0 Å². The Labute approximate surface area is 114 Å². The Morgan fingerprint density at radius 2 is 1.79 bits per heavy atom. The van der Waals surface area contributed by atoms with Gasteiger partial charge < -0.3 is 14.6 Å². The third kappa shape index (κ3) is 3.39. The van der Waals surface area contributed by atoms with E-state index in [1.165, 1.54) is 11.1 Å². The molecule has 0 saturated heterocycles. The van der Waals surface area contributed by atoms with E-state index in [1.54, 1.807) is 14.2 Å². The van der Waals surface area contributed by atoms with Gasteiger partial charge in [-0.25, -0.2) is 0 Å². The second-order valence-electron chi connectivity index (χ2n) is 4.93. The first-order valence-corrected chi connectivity index (χ1v) is 6.85. The molecular formula is C15H23NO3. The summed E-state index contributed by atoms with van der Waals surface area (Å²) >= 11 is 0. The minimum atomic E-state index is 0.287. The van der Waals surface area contributed by atoms with Crippen LogP contribution in [0, 0.1) is 0 Å². The molecular weight excluding hydrogens is 242 g/mol. The number of nitrogens with zero attached hydrogens (tertiary/aromatic N) is 1. The van der Waals surface area contributed by atoms with Crippen molar-refractivity contribution < 1.29 is 14.6 Å². The minimum absolute atomic E-state index is 0.287. The van der Waals surface area contributed by atoms with Crippen LogP contribution in [0.5, 0.6) is 11.5 Å². The molecule has 0 atom stereocenters. The van der Waals surface area contributed by atoms with Crippen molar-refractivity contribution in [1.82, 2.24) is 4.90 Å². The molecule has 0 unspecified atom stereocenters. The van der Waals surface area contributed by atoms with Crippen LogP contribution in [0.2, 0.25) is 0 Å². The smallest absolute Gasteiger partial charge is 0.161 e. The summed E-state index contributed by atoms with van der Waals surface area (Å²) < 4.78 is 10.7. The lowest BCUT2D eigenvalue weighted by Gasteiger charge is -2.29. The van der Waals surface area contributed by atoms with Gasteiger partial charge in [0.2, 0.25) is 0 Å². The summed E-state index contributed by atoms with van der Waals surface area (Å²) in [5, 5.41) is 8.83. The van der Waals surface area contributed by atoms with Gasteiger partial charge in [0.25, 0.3) is 0 Å². The molecule has 1 N–H and O–H groups in total. The fraction of sp³-hybridized carbons (Fsp3) is 0.600. The van der Waals surface area contributed by atoms with Crippen molar-refractivity contribution in [3.63, 3.8) is 0 Å². The quantitative estimate of drug-likeness (QED) is 0.797. The van der Waals surface area contributed by atoms with Crippen molar-refractivity contribution in [2.75, 3.05) is 33.9 Å². The van der Waals surface area contributed by atoms with Crippen molar-refractivity contribution in [3.8, 4) is 11.5 Å². The van der Waals surface area contributed by atoms with Crippen molar-refractivity contribution in [3.05, 3.63) is 23.3 Å². The number of unbranched alkanes of at least 4 members (excludes halogenated alkanes) is 1. The first kappa shape index (κ1) is 14.2. The highest BCUT2D eigenvalue weighted by Gasteiger charge is 2.18. The molecule has 0 spiro atoms. The van der Waals surface area contributed by atoms with Crippen molar-refractivity contribution in [2.45, 2.75) is 25.8 Å². The first-order valence-electron chi connectivity index (χ1n) is 6.85. The number of hydrogen-bond donors (Lipinski definition) is 1. The molecule has 4 nitrogen and oxygen atoms in total. The van der Waals surface area contributed by atoms with Gasteiger partial charge >= 0.3 is 0 Å². The second kappa shape index (κ2) is 6.78. The third-order valence-electron chi connectivity index (χ3n) is 3.68. The predicted molar refractivity (Wildman–Crippen MR) is 74.8 cm³/mol. The summed E-state index contributed by atoms with van der Waals surface area (Å²) in [6.07, 6.45) is 2.99. The topological polar surface area (TPSA) is 41.9 Å². The molecule has 0 aliphatic carbocycles. The summed E-state index contributed by atoms with van der Waals surface area (Å²) in [5.74, 6) is 1.62. The van der Waals surface area contributed by atoms with Gasteiger partial charge in [-0.2, -0.15) is 0 Å². The average Bonchev–Trinajstić information content (AvgIpc) is 2.46. The van der Waals surface area contributed by atoms with E-state index in [2.05, 4.69) is 17.0 Å². The van der Waals surface area contributed by atoms with E-state index in [0.717, 1.165) is 50.4 Å². The monoisotopic (exact) mass is 265 g/mol. The number of aliphatic hydroxyl groups is 1. The van der Waals surface area contributed by atoms with Gasteiger partial charge in [-0.15, -0.1) is 0 Å². The molecule has 1 aromatic rings. The van der Waals surface area contributed by atoms with Gasteiger partial charge in [0, 0.05) is 19.7 Å². The second-order valence-corrected chi connectivity index (χ2v) is 4.93. The standard InChI is InChI=1S/C15H23NO3/c1-18-14-9-12-5-7-16(6-3-4-8-17)11-13(12)10-15(14)19-2/h9-10,17H,3-8,11H2,1-2H3. The zero-order valence-electron chi connectivity index (χ0n) is 11.8. The lowest BCUT2D eigenvalue weighted by atomic mass is 9.98. The molecule has 0 bridgehead atoms. The summed E-state index contributed by atoms with van der Waals surface area (Å²) in [7, 11) is 3.35. The van der Waals surface area contributed by atoms with Gasteiger partial charge in [-0.1, -0.05) is 0 Å². The Kier molecular flexibility index (Phi) is 5.05. The van der Waals surface area contributed by atoms with Crippen LogP contribution in [0.3, 0.4) is 0 Å². The van der Waals surface area contributed by atoms with Crippen LogP contribution in [0.25, 0.3) is 0 Å².